The maximum atomic E-state index is 12.9. The number of nitrogens with two attached hydrogens (primary N) is 1. The Morgan fingerprint density at radius 3 is 2.63 bits per heavy atom. The number of Topliss-reactive ketones (excluding diaryl/α,β-unsaturated/α-hetero) is 1. The second-order valence-electron chi connectivity index (χ2n) is 7.40. The number of amides is 1. The highest BCUT2D eigenvalue weighted by Crippen LogP contribution is 2.25. The Morgan fingerprint density at radius 1 is 1.41 bits per heavy atom. The first-order valence-electron chi connectivity index (χ1n) is 9.05. The number of aryl methyl sites for hydroxylation is 2. The fourth-order valence-electron chi connectivity index (χ4n) is 3.22. The highest BCUT2D eigenvalue weighted by atomic mass is 32.2. The summed E-state index contributed by atoms with van der Waals surface area (Å²) < 4.78 is 31.9. The van der Waals surface area contributed by atoms with Gasteiger partial charge < -0.3 is 15.6 Å². The molecule has 1 saturated heterocycles. The van der Waals surface area contributed by atoms with E-state index in [9.17, 15) is 18.0 Å². The van der Waals surface area contributed by atoms with Crippen LogP contribution in [0.4, 0.5) is 0 Å². The van der Waals surface area contributed by atoms with Crippen molar-refractivity contribution in [1.82, 2.24) is 14.8 Å². The Bertz CT molecular complexity index is 783. The summed E-state index contributed by atoms with van der Waals surface area (Å²) in [6.45, 7) is 6.86. The second kappa shape index (κ2) is 8.49. The van der Waals surface area contributed by atoms with E-state index in [4.69, 9.17) is 10.3 Å². The zero-order valence-corrected chi connectivity index (χ0v) is 17.0. The quantitative estimate of drug-likeness (QED) is 0.710. The minimum atomic E-state index is -3.90. The molecule has 2 rings (SSSR count). The molecule has 10 heteroatoms. The Balaban J connectivity index is 2.11. The van der Waals surface area contributed by atoms with Gasteiger partial charge in [-0.05, 0) is 39.0 Å². The number of aromatic nitrogens is 1. The van der Waals surface area contributed by atoms with Crippen LogP contribution in [0.25, 0.3) is 0 Å². The van der Waals surface area contributed by atoms with Crippen molar-refractivity contribution < 1.29 is 22.5 Å². The average Bonchev–Trinajstić information content (AvgIpc) is 2.79. The molecule has 27 heavy (non-hydrogen) atoms. The monoisotopic (exact) mass is 400 g/mol. The minimum Gasteiger partial charge on any atom is -0.360 e. The van der Waals surface area contributed by atoms with Gasteiger partial charge in [-0.1, -0.05) is 19.0 Å². The smallest absolute Gasteiger partial charge is 0.248 e. The fraction of sp³-hybridized carbons (Fsp3) is 0.706. The average molecular weight is 401 g/mol. The third-order valence-corrected chi connectivity index (χ3v) is 6.66. The molecule has 0 aromatic carbocycles. The molecule has 1 aliphatic heterocycles. The van der Waals surface area contributed by atoms with Crippen molar-refractivity contribution >= 4 is 21.7 Å². The molecule has 1 fully saturated rings. The van der Waals surface area contributed by atoms with Gasteiger partial charge in [0, 0.05) is 6.54 Å². The van der Waals surface area contributed by atoms with Crippen molar-refractivity contribution in [2.24, 2.45) is 11.7 Å². The summed E-state index contributed by atoms with van der Waals surface area (Å²) in [5.74, 6) is -0.294. The molecule has 1 aliphatic rings. The third kappa shape index (κ3) is 4.94. The van der Waals surface area contributed by atoms with Gasteiger partial charge in [-0.15, -0.1) is 0 Å². The van der Waals surface area contributed by atoms with Crippen molar-refractivity contribution in [3.05, 3.63) is 11.5 Å². The van der Waals surface area contributed by atoms with E-state index in [1.165, 1.54) is 6.92 Å². The number of nitrogens with one attached hydrogen (secondary N) is 1. The van der Waals surface area contributed by atoms with E-state index in [1.54, 1.807) is 6.92 Å². The largest absolute Gasteiger partial charge is 0.360 e. The van der Waals surface area contributed by atoms with Crippen LogP contribution in [0.2, 0.25) is 0 Å². The number of sulfonamides is 1. The highest BCUT2D eigenvalue weighted by Gasteiger charge is 2.36. The van der Waals surface area contributed by atoms with E-state index in [-0.39, 0.29) is 47.0 Å². The maximum absolute atomic E-state index is 12.9. The Kier molecular flexibility index (Phi) is 6.77. The summed E-state index contributed by atoms with van der Waals surface area (Å²) in [5, 5.41) is 6.36. The lowest BCUT2D eigenvalue weighted by atomic mass is 10.0. The molecule has 2 heterocycles. The van der Waals surface area contributed by atoms with E-state index in [2.05, 4.69) is 10.5 Å². The van der Waals surface area contributed by atoms with Crippen molar-refractivity contribution in [2.45, 2.75) is 63.9 Å². The first-order chi connectivity index (χ1) is 12.5. The standard InChI is InChI=1S/C17H28N4O5S/c1-10(2)8-13(18)17(23)19-14-6-5-7-21(9-15(14)22)27(24,25)16-11(3)20-26-12(16)4/h10,13-14H,5-9,18H2,1-4H3,(H,19,23)/t13-,14?/m0/s1. The lowest BCUT2D eigenvalue weighted by Crippen LogP contribution is -2.50. The number of ketones is 1. The molecule has 1 aromatic rings. The zero-order valence-electron chi connectivity index (χ0n) is 16.2. The predicted molar refractivity (Wildman–Crippen MR) is 98.3 cm³/mol. The van der Waals surface area contributed by atoms with Gasteiger partial charge in [0.15, 0.2) is 11.5 Å². The van der Waals surface area contributed by atoms with E-state index >= 15 is 0 Å². The zero-order chi connectivity index (χ0) is 20.4. The third-order valence-electron chi connectivity index (χ3n) is 4.57. The van der Waals surface area contributed by atoms with Crippen LogP contribution in [-0.2, 0) is 19.6 Å². The van der Waals surface area contributed by atoms with Crippen LogP contribution in [0.1, 0.15) is 44.6 Å². The lowest BCUT2D eigenvalue weighted by molar-refractivity contribution is -0.128. The van der Waals surface area contributed by atoms with Crippen LogP contribution in [0.15, 0.2) is 9.42 Å². The molecule has 1 unspecified atom stereocenters. The van der Waals surface area contributed by atoms with Gasteiger partial charge >= 0.3 is 0 Å². The summed E-state index contributed by atoms with van der Waals surface area (Å²) in [6.07, 6.45) is 1.32. The van der Waals surface area contributed by atoms with Crippen molar-refractivity contribution in [1.29, 1.82) is 0 Å². The van der Waals surface area contributed by atoms with Gasteiger partial charge in [0.1, 0.15) is 10.6 Å². The van der Waals surface area contributed by atoms with Gasteiger partial charge in [-0.25, -0.2) is 8.42 Å². The topological polar surface area (TPSA) is 136 Å². The highest BCUT2D eigenvalue weighted by molar-refractivity contribution is 7.89. The maximum Gasteiger partial charge on any atom is 0.248 e. The summed E-state index contributed by atoms with van der Waals surface area (Å²) in [6, 6.07) is -1.43. The molecule has 1 amide bonds. The molecule has 0 spiro atoms. The predicted octanol–water partition coefficient (Wildman–Crippen LogP) is 0.503. The number of nitrogens with zero attached hydrogens (tertiary/aromatic N) is 2. The molecule has 0 aliphatic carbocycles. The van der Waals surface area contributed by atoms with Gasteiger partial charge in [0.25, 0.3) is 0 Å². The molecule has 152 valence electrons. The van der Waals surface area contributed by atoms with E-state index < -0.39 is 22.1 Å². The molecule has 0 bridgehead atoms. The number of hydrogen-bond donors (Lipinski definition) is 2. The summed E-state index contributed by atoms with van der Waals surface area (Å²) in [5.41, 5.74) is 6.12. The van der Waals surface area contributed by atoms with E-state index in [1.807, 2.05) is 13.8 Å². The Labute approximate surface area is 159 Å². The fourth-order valence-corrected chi connectivity index (χ4v) is 4.96. The molecule has 9 nitrogen and oxygen atoms in total. The van der Waals surface area contributed by atoms with E-state index in [0.29, 0.717) is 19.3 Å². The number of rotatable bonds is 6. The van der Waals surface area contributed by atoms with Gasteiger partial charge in [-0.2, -0.15) is 4.31 Å². The minimum absolute atomic E-state index is 0.00302. The van der Waals surface area contributed by atoms with Crippen LogP contribution in [0.5, 0.6) is 0 Å². The molecule has 2 atom stereocenters. The molecule has 0 saturated carbocycles. The van der Waals surface area contributed by atoms with Crippen LogP contribution >= 0.6 is 0 Å². The van der Waals surface area contributed by atoms with Crippen LogP contribution in [0, 0.1) is 19.8 Å². The van der Waals surface area contributed by atoms with Crippen LogP contribution < -0.4 is 11.1 Å². The van der Waals surface area contributed by atoms with Crippen molar-refractivity contribution in [2.75, 3.05) is 13.1 Å². The van der Waals surface area contributed by atoms with Gasteiger partial charge in [-0.3, -0.25) is 9.59 Å². The van der Waals surface area contributed by atoms with Gasteiger partial charge in [0.2, 0.25) is 15.9 Å². The molecular weight excluding hydrogens is 372 g/mol. The van der Waals surface area contributed by atoms with E-state index in [0.717, 1.165) is 4.31 Å². The molecule has 1 aromatic heterocycles. The summed E-state index contributed by atoms with van der Waals surface area (Å²) in [7, 11) is -3.90. The van der Waals surface area contributed by atoms with Crippen LogP contribution in [-0.4, -0.2) is 54.7 Å². The normalized spacial score (nSPS) is 20.5. The van der Waals surface area contributed by atoms with Gasteiger partial charge in [0.05, 0.1) is 18.6 Å². The summed E-state index contributed by atoms with van der Waals surface area (Å²) in [4.78, 5) is 24.8. The van der Waals surface area contributed by atoms with Crippen LogP contribution in [0.3, 0.4) is 0 Å². The Hall–Kier alpha value is -1.78. The van der Waals surface area contributed by atoms with Crippen molar-refractivity contribution in [3.63, 3.8) is 0 Å². The number of carbonyl (C=O) groups is 2. The molecular formula is C17H28N4O5S. The summed E-state index contributed by atoms with van der Waals surface area (Å²) >= 11 is 0. The number of hydrogen-bond acceptors (Lipinski definition) is 7. The molecule has 3 N–H and O–H groups in total. The number of carbonyl (C=O) groups excluding carboxylic acids is 2. The first-order valence-corrected chi connectivity index (χ1v) is 10.5. The first kappa shape index (κ1) is 21.5. The van der Waals surface area contributed by atoms with Crippen molar-refractivity contribution in [3.8, 4) is 0 Å². The molecule has 0 radical (unpaired) electrons. The lowest BCUT2D eigenvalue weighted by Gasteiger charge is -2.21. The Morgan fingerprint density at radius 2 is 2.07 bits per heavy atom. The second-order valence-corrected chi connectivity index (χ2v) is 9.27. The SMILES string of the molecule is Cc1noc(C)c1S(=O)(=O)N1CCCC(NC(=O)[C@@H](N)CC(C)C)C(=O)C1.